The average Bonchev–Trinajstić information content (AvgIpc) is 2.80. The molecule has 0 aliphatic heterocycles. The van der Waals surface area contributed by atoms with Gasteiger partial charge in [-0.2, -0.15) is 0 Å². The van der Waals surface area contributed by atoms with Gasteiger partial charge in [-0.1, -0.05) is 42.1 Å². The van der Waals surface area contributed by atoms with Crippen molar-refractivity contribution < 1.29 is 14.6 Å². The summed E-state index contributed by atoms with van der Waals surface area (Å²) >= 11 is 1.13. The quantitative estimate of drug-likeness (QED) is 0.817. The third-order valence-electron chi connectivity index (χ3n) is 2.77. The Hall–Kier alpha value is -1.86. The number of benzene rings is 1. The zero-order valence-corrected chi connectivity index (χ0v) is 12.0. The Kier molecular flexibility index (Phi) is 4.75. The van der Waals surface area contributed by atoms with E-state index in [1.165, 1.54) is 0 Å². The van der Waals surface area contributed by atoms with Crippen LogP contribution in [0.1, 0.15) is 17.5 Å². The molecule has 0 spiro atoms. The van der Waals surface area contributed by atoms with E-state index < -0.39 is 5.97 Å². The van der Waals surface area contributed by atoms with Gasteiger partial charge in [0.15, 0.2) is 11.0 Å². The maximum Gasteiger partial charge on any atom is 0.313 e. The van der Waals surface area contributed by atoms with Crippen molar-refractivity contribution in [3.05, 3.63) is 41.7 Å². The van der Waals surface area contributed by atoms with E-state index in [9.17, 15) is 4.79 Å². The maximum absolute atomic E-state index is 10.6. The highest BCUT2D eigenvalue weighted by molar-refractivity contribution is 7.99. The first kappa shape index (κ1) is 14.5. The molecule has 0 bridgehead atoms. The van der Waals surface area contributed by atoms with Crippen LogP contribution >= 0.6 is 11.8 Å². The number of hydrogen-bond donors (Lipinski definition) is 1. The van der Waals surface area contributed by atoms with Crippen LogP contribution in [0.15, 0.2) is 35.5 Å². The van der Waals surface area contributed by atoms with Crippen LogP contribution in [0.2, 0.25) is 0 Å². The van der Waals surface area contributed by atoms with E-state index in [4.69, 9.17) is 9.84 Å². The Bertz CT molecular complexity index is 586. The van der Waals surface area contributed by atoms with Crippen molar-refractivity contribution in [2.45, 2.75) is 11.3 Å². The molecule has 0 aliphatic rings. The van der Waals surface area contributed by atoms with Gasteiger partial charge in [-0.25, -0.2) is 0 Å². The Morgan fingerprint density at radius 2 is 2.10 bits per heavy atom. The second kappa shape index (κ2) is 6.53. The van der Waals surface area contributed by atoms with Gasteiger partial charge in [-0.15, -0.1) is 10.2 Å². The van der Waals surface area contributed by atoms with E-state index in [1.807, 2.05) is 30.3 Å². The second-order valence-electron chi connectivity index (χ2n) is 4.11. The number of carboxylic acids is 1. The third kappa shape index (κ3) is 3.17. The first-order valence-electron chi connectivity index (χ1n) is 5.95. The van der Waals surface area contributed by atoms with Gasteiger partial charge in [0.2, 0.25) is 0 Å². The monoisotopic (exact) mass is 293 g/mol. The summed E-state index contributed by atoms with van der Waals surface area (Å²) in [6.07, 6.45) is -0.326. The van der Waals surface area contributed by atoms with Gasteiger partial charge in [0.25, 0.3) is 0 Å². The van der Waals surface area contributed by atoms with Crippen molar-refractivity contribution in [3.8, 4) is 0 Å². The number of rotatable bonds is 6. The molecule has 0 saturated heterocycles. The molecule has 0 saturated carbocycles. The number of hydrogen-bond acceptors (Lipinski definition) is 5. The fraction of sp³-hybridized carbons (Fsp3) is 0.308. The summed E-state index contributed by atoms with van der Waals surface area (Å²) in [6, 6.07) is 9.69. The molecular weight excluding hydrogens is 278 g/mol. The first-order valence-corrected chi connectivity index (χ1v) is 6.93. The fourth-order valence-corrected chi connectivity index (χ4v) is 2.46. The molecule has 1 N–H and O–H groups in total. The number of methoxy groups -OCH3 is 1. The maximum atomic E-state index is 10.6. The van der Waals surface area contributed by atoms with Crippen LogP contribution in [-0.2, 0) is 16.6 Å². The molecule has 6 nitrogen and oxygen atoms in total. The zero-order valence-electron chi connectivity index (χ0n) is 11.2. The molecule has 1 aromatic heterocycles. The lowest BCUT2D eigenvalue weighted by Gasteiger charge is -2.15. The van der Waals surface area contributed by atoms with Crippen molar-refractivity contribution in [1.29, 1.82) is 0 Å². The minimum absolute atomic E-state index is 0.0467. The fourth-order valence-electron chi connectivity index (χ4n) is 1.82. The Morgan fingerprint density at radius 3 is 2.70 bits per heavy atom. The van der Waals surface area contributed by atoms with E-state index in [2.05, 4.69) is 10.2 Å². The lowest BCUT2D eigenvalue weighted by atomic mass is 10.1. The van der Waals surface area contributed by atoms with Gasteiger partial charge < -0.3 is 14.4 Å². The van der Waals surface area contributed by atoms with E-state index >= 15 is 0 Å². The van der Waals surface area contributed by atoms with Crippen molar-refractivity contribution in [3.63, 3.8) is 0 Å². The summed E-state index contributed by atoms with van der Waals surface area (Å²) in [7, 11) is 3.41. The number of nitrogens with zero attached hydrogens (tertiary/aromatic N) is 3. The third-order valence-corrected chi connectivity index (χ3v) is 3.77. The van der Waals surface area contributed by atoms with Gasteiger partial charge in [0.05, 0.1) is 5.75 Å². The molecule has 1 aromatic carbocycles. The summed E-state index contributed by atoms with van der Waals surface area (Å²) in [5, 5.41) is 17.4. The highest BCUT2D eigenvalue weighted by atomic mass is 32.2. The Labute approximate surface area is 120 Å². The van der Waals surface area contributed by atoms with E-state index in [-0.39, 0.29) is 11.9 Å². The molecule has 1 heterocycles. The molecule has 0 amide bonds. The van der Waals surface area contributed by atoms with Gasteiger partial charge in [0, 0.05) is 14.2 Å². The summed E-state index contributed by atoms with van der Waals surface area (Å²) in [4.78, 5) is 10.6. The van der Waals surface area contributed by atoms with Crippen LogP contribution in [0.4, 0.5) is 0 Å². The summed E-state index contributed by atoms with van der Waals surface area (Å²) in [5.74, 6) is -0.285. The number of ether oxygens (including phenoxy) is 1. The molecule has 0 aliphatic carbocycles. The lowest BCUT2D eigenvalue weighted by Crippen LogP contribution is -2.10. The van der Waals surface area contributed by atoms with Crippen LogP contribution in [-0.4, -0.2) is 38.7 Å². The molecule has 20 heavy (non-hydrogen) atoms. The number of aliphatic carboxylic acids is 1. The number of thioether (sulfide) groups is 1. The minimum Gasteiger partial charge on any atom is -0.481 e. The minimum atomic E-state index is -0.883. The van der Waals surface area contributed by atoms with Crippen LogP contribution < -0.4 is 0 Å². The summed E-state index contributed by atoms with van der Waals surface area (Å²) in [5.41, 5.74) is 0.972. The largest absolute Gasteiger partial charge is 0.481 e. The van der Waals surface area contributed by atoms with E-state index in [0.717, 1.165) is 17.3 Å². The van der Waals surface area contributed by atoms with Crippen molar-refractivity contribution in [2.75, 3.05) is 12.9 Å². The van der Waals surface area contributed by atoms with Gasteiger partial charge in [-0.3, -0.25) is 4.79 Å². The van der Waals surface area contributed by atoms with Crippen LogP contribution in [0.25, 0.3) is 0 Å². The number of aromatic nitrogens is 3. The van der Waals surface area contributed by atoms with E-state index in [1.54, 1.807) is 18.7 Å². The SMILES string of the molecule is COC(c1ccccc1)c1nnc(SCC(=O)O)n1C. The first-order chi connectivity index (χ1) is 9.63. The highest BCUT2D eigenvalue weighted by Gasteiger charge is 2.21. The van der Waals surface area contributed by atoms with Crippen LogP contribution in [0, 0.1) is 0 Å². The van der Waals surface area contributed by atoms with Gasteiger partial charge in [0.1, 0.15) is 6.10 Å². The second-order valence-corrected chi connectivity index (χ2v) is 5.05. The lowest BCUT2D eigenvalue weighted by molar-refractivity contribution is -0.133. The highest BCUT2D eigenvalue weighted by Crippen LogP contribution is 2.26. The van der Waals surface area contributed by atoms with Crippen molar-refractivity contribution in [2.24, 2.45) is 7.05 Å². The molecule has 2 rings (SSSR count). The van der Waals surface area contributed by atoms with E-state index in [0.29, 0.717) is 11.0 Å². The molecule has 7 heteroatoms. The molecule has 0 radical (unpaired) electrons. The smallest absolute Gasteiger partial charge is 0.313 e. The Morgan fingerprint density at radius 1 is 1.40 bits per heavy atom. The predicted molar refractivity (Wildman–Crippen MR) is 74.7 cm³/mol. The normalized spacial score (nSPS) is 12.3. The molecule has 2 aromatic rings. The van der Waals surface area contributed by atoms with Crippen LogP contribution in [0.3, 0.4) is 0 Å². The topological polar surface area (TPSA) is 77.2 Å². The standard InChI is InChI=1S/C13H15N3O3S/c1-16-12(14-15-13(16)20-8-10(17)18)11(19-2)9-6-4-3-5-7-9/h3-7,11H,8H2,1-2H3,(H,17,18). The summed E-state index contributed by atoms with van der Waals surface area (Å²) in [6.45, 7) is 0. The Balaban J connectivity index is 2.25. The molecular formula is C13H15N3O3S. The molecule has 0 fully saturated rings. The number of carbonyl (C=O) groups is 1. The molecule has 106 valence electrons. The average molecular weight is 293 g/mol. The van der Waals surface area contributed by atoms with Gasteiger partial charge >= 0.3 is 5.97 Å². The van der Waals surface area contributed by atoms with Crippen molar-refractivity contribution >= 4 is 17.7 Å². The number of carboxylic acid groups (broad SMARTS) is 1. The van der Waals surface area contributed by atoms with Crippen LogP contribution in [0.5, 0.6) is 0 Å². The zero-order chi connectivity index (χ0) is 14.5. The summed E-state index contributed by atoms with van der Waals surface area (Å²) < 4.78 is 7.25. The predicted octanol–water partition coefficient (Wildman–Crippen LogP) is 1.73. The van der Waals surface area contributed by atoms with Crippen molar-refractivity contribution in [1.82, 2.24) is 14.8 Å². The molecule has 1 atom stereocenters. The molecule has 1 unspecified atom stereocenters. The van der Waals surface area contributed by atoms with Gasteiger partial charge in [-0.05, 0) is 5.56 Å².